The second-order valence-electron chi connectivity index (χ2n) is 5.78. The highest BCUT2D eigenvalue weighted by atomic mass is 16.6. The van der Waals surface area contributed by atoms with E-state index in [1.165, 1.54) is 4.68 Å². The highest BCUT2D eigenvalue weighted by Crippen LogP contribution is 2.32. The van der Waals surface area contributed by atoms with Gasteiger partial charge < -0.3 is 10.4 Å². The normalized spacial score (nSPS) is 13.0. The molecule has 1 unspecified atom stereocenters. The lowest BCUT2D eigenvalue weighted by Crippen LogP contribution is -2.22. The van der Waals surface area contributed by atoms with E-state index in [0.29, 0.717) is 23.9 Å². The van der Waals surface area contributed by atoms with Gasteiger partial charge in [-0.1, -0.05) is 27.7 Å². The number of hydrogen-bond donors (Lipinski definition) is 2. The second kappa shape index (κ2) is 6.69. The van der Waals surface area contributed by atoms with Gasteiger partial charge in [-0.2, -0.15) is 5.10 Å². The predicted octanol–water partition coefficient (Wildman–Crippen LogP) is 2.27. The molecular weight excluding hydrogens is 260 g/mol. The molecule has 0 bridgehead atoms. The Labute approximate surface area is 119 Å². The number of nitrogens with zero attached hydrogens (tertiary/aromatic N) is 3. The summed E-state index contributed by atoms with van der Waals surface area (Å²) in [6.45, 7) is 8.05. The van der Waals surface area contributed by atoms with Crippen LogP contribution in [0.3, 0.4) is 0 Å². The fraction of sp³-hybridized carbons (Fsp3) is 0.769. The smallest absolute Gasteiger partial charge is 0.334 e. The summed E-state index contributed by atoms with van der Waals surface area (Å²) in [5.41, 5.74) is 0.456. The number of aryl methyl sites for hydroxylation is 1. The van der Waals surface area contributed by atoms with Crippen LogP contribution in [0.2, 0.25) is 0 Å². The molecule has 0 fully saturated rings. The number of nitro groups is 1. The van der Waals surface area contributed by atoms with E-state index in [1.807, 2.05) is 27.7 Å². The maximum absolute atomic E-state index is 11.2. The van der Waals surface area contributed by atoms with Crippen molar-refractivity contribution in [1.82, 2.24) is 9.78 Å². The van der Waals surface area contributed by atoms with Gasteiger partial charge in [0, 0.05) is 19.5 Å². The number of rotatable bonds is 7. The first kappa shape index (κ1) is 16.4. The third-order valence-electron chi connectivity index (χ3n) is 3.03. The van der Waals surface area contributed by atoms with E-state index in [0.717, 1.165) is 0 Å². The molecule has 0 aliphatic rings. The van der Waals surface area contributed by atoms with Crippen molar-refractivity contribution in [2.45, 2.75) is 46.1 Å². The van der Waals surface area contributed by atoms with Gasteiger partial charge in [0.2, 0.25) is 5.82 Å². The van der Waals surface area contributed by atoms with E-state index in [-0.39, 0.29) is 18.2 Å². The van der Waals surface area contributed by atoms with Crippen LogP contribution in [-0.4, -0.2) is 32.5 Å². The third-order valence-corrected chi connectivity index (χ3v) is 3.03. The van der Waals surface area contributed by atoms with Crippen LogP contribution in [0.5, 0.6) is 0 Å². The molecule has 0 amide bonds. The lowest BCUT2D eigenvalue weighted by atomic mass is 10.1. The van der Waals surface area contributed by atoms with Crippen molar-refractivity contribution < 1.29 is 10.0 Å². The van der Waals surface area contributed by atoms with E-state index < -0.39 is 11.0 Å². The van der Waals surface area contributed by atoms with Crippen molar-refractivity contribution in [1.29, 1.82) is 0 Å². The maximum Gasteiger partial charge on any atom is 0.334 e. The zero-order chi connectivity index (χ0) is 15.4. The number of hydrogen-bond acceptors (Lipinski definition) is 5. The molecule has 0 aliphatic heterocycles. The zero-order valence-corrected chi connectivity index (χ0v) is 12.8. The molecule has 20 heavy (non-hydrogen) atoms. The third kappa shape index (κ3) is 3.93. The van der Waals surface area contributed by atoms with Crippen LogP contribution in [-0.2, 0) is 7.05 Å². The molecule has 2 N–H and O–H groups in total. The van der Waals surface area contributed by atoms with Crippen molar-refractivity contribution in [3.05, 3.63) is 15.8 Å². The molecule has 1 aromatic heterocycles. The van der Waals surface area contributed by atoms with Crippen molar-refractivity contribution in [3.8, 4) is 0 Å². The number of aliphatic hydroxyl groups excluding tert-OH is 1. The summed E-state index contributed by atoms with van der Waals surface area (Å²) in [5, 5.41) is 28.2. The number of aliphatic hydroxyl groups is 1. The molecule has 114 valence electrons. The summed E-state index contributed by atoms with van der Waals surface area (Å²) in [4.78, 5) is 10.8. The minimum absolute atomic E-state index is 0.000697. The average molecular weight is 284 g/mol. The van der Waals surface area contributed by atoms with Gasteiger partial charge in [0.15, 0.2) is 0 Å². The Morgan fingerprint density at radius 1 is 1.40 bits per heavy atom. The van der Waals surface area contributed by atoms with Crippen LogP contribution in [0.25, 0.3) is 0 Å². The van der Waals surface area contributed by atoms with Crippen molar-refractivity contribution >= 4 is 11.5 Å². The lowest BCUT2D eigenvalue weighted by molar-refractivity contribution is -0.384. The molecule has 0 radical (unpaired) electrons. The van der Waals surface area contributed by atoms with Crippen molar-refractivity contribution in [2.24, 2.45) is 13.0 Å². The molecule has 7 nitrogen and oxygen atoms in total. The van der Waals surface area contributed by atoms with Gasteiger partial charge in [-0.15, -0.1) is 0 Å². The minimum Gasteiger partial charge on any atom is -0.391 e. The Morgan fingerprint density at radius 2 is 2.00 bits per heavy atom. The van der Waals surface area contributed by atoms with Crippen LogP contribution >= 0.6 is 0 Å². The second-order valence-corrected chi connectivity index (χ2v) is 5.78. The highest BCUT2D eigenvalue weighted by molar-refractivity contribution is 5.60. The topological polar surface area (TPSA) is 93.2 Å². The van der Waals surface area contributed by atoms with E-state index in [4.69, 9.17) is 0 Å². The first-order chi connectivity index (χ1) is 9.23. The monoisotopic (exact) mass is 284 g/mol. The zero-order valence-electron chi connectivity index (χ0n) is 12.8. The molecule has 7 heteroatoms. The summed E-state index contributed by atoms with van der Waals surface area (Å²) in [6, 6.07) is 0. The number of aromatic nitrogens is 2. The maximum atomic E-state index is 11.2. The van der Waals surface area contributed by atoms with Crippen LogP contribution < -0.4 is 5.32 Å². The van der Waals surface area contributed by atoms with E-state index in [9.17, 15) is 15.2 Å². The molecule has 0 aliphatic carbocycles. The molecule has 1 atom stereocenters. The van der Waals surface area contributed by atoms with Gasteiger partial charge >= 0.3 is 5.69 Å². The Balaban J connectivity index is 2.92. The fourth-order valence-electron chi connectivity index (χ4n) is 2.14. The Hall–Kier alpha value is -1.63. The van der Waals surface area contributed by atoms with Crippen LogP contribution in [0.15, 0.2) is 0 Å². The Morgan fingerprint density at radius 3 is 2.45 bits per heavy atom. The summed E-state index contributed by atoms with van der Waals surface area (Å²) >= 11 is 0. The first-order valence-electron chi connectivity index (χ1n) is 6.87. The summed E-state index contributed by atoms with van der Waals surface area (Å²) in [7, 11) is 1.66. The van der Waals surface area contributed by atoms with Gasteiger partial charge in [0.1, 0.15) is 5.69 Å². The highest BCUT2D eigenvalue weighted by Gasteiger charge is 2.28. The number of anilines is 1. The van der Waals surface area contributed by atoms with Gasteiger partial charge in [0.05, 0.1) is 11.0 Å². The van der Waals surface area contributed by atoms with Crippen LogP contribution in [0.1, 0.15) is 45.7 Å². The van der Waals surface area contributed by atoms with Gasteiger partial charge in [0.25, 0.3) is 0 Å². The molecule has 1 heterocycles. The minimum atomic E-state index is -0.535. The van der Waals surface area contributed by atoms with Gasteiger partial charge in [-0.3, -0.25) is 10.1 Å². The molecular formula is C13H24N4O3. The van der Waals surface area contributed by atoms with Gasteiger partial charge in [-0.25, -0.2) is 4.68 Å². The van der Waals surface area contributed by atoms with Gasteiger partial charge in [-0.05, 0) is 12.3 Å². The largest absolute Gasteiger partial charge is 0.391 e. The average Bonchev–Trinajstić information content (AvgIpc) is 2.63. The van der Waals surface area contributed by atoms with Crippen molar-refractivity contribution in [3.63, 3.8) is 0 Å². The van der Waals surface area contributed by atoms with Crippen LogP contribution in [0.4, 0.5) is 11.5 Å². The SMILES string of the molecule is CC(C)CC(O)CNc1c([N+](=O)[O-])c(C(C)C)nn1C. The summed E-state index contributed by atoms with van der Waals surface area (Å²) in [6.07, 6.45) is 0.113. The lowest BCUT2D eigenvalue weighted by Gasteiger charge is -2.14. The fourth-order valence-corrected chi connectivity index (χ4v) is 2.14. The molecule has 0 saturated carbocycles. The van der Waals surface area contributed by atoms with Crippen LogP contribution in [0, 0.1) is 16.0 Å². The molecule has 0 saturated heterocycles. The molecule has 1 aromatic rings. The standard InChI is InChI=1S/C13H24N4O3/c1-8(2)6-10(18)7-14-13-12(17(19)20)11(9(3)4)15-16(13)5/h8-10,14,18H,6-7H2,1-5H3. The predicted molar refractivity (Wildman–Crippen MR) is 77.9 cm³/mol. The van der Waals surface area contributed by atoms with Crippen molar-refractivity contribution in [2.75, 3.05) is 11.9 Å². The quantitative estimate of drug-likeness (QED) is 0.592. The number of nitrogens with one attached hydrogen (secondary N) is 1. The molecule has 0 aromatic carbocycles. The van der Waals surface area contributed by atoms with E-state index in [1.54, 1.807) is 7.05 Å². The molecule has 0 spiro atoms. The summed E-state index contributed by atoms with van der Waals surface area (Å²) < 4.78 is 1.47. The van der Waals surface area contributed by atoms with E-state index >= 15 is 0 Å². The summed E-state index contributed by atoms with van der Waals surface area (Å²) in [5.74, 6) is 0.693. The first-order valence-corrected chi connectivity index (χ1v) is 6.87. The molecule has 1 rings (SSSR count). The Bertz CT molecular complexity index is 468. The Kier molecular flexibility index (Phi) is 5.50. The van der Waals surface area contributed by atoms with E-state index in [2.05, 4.69) is 10.4 Å².